The summed E-state index contributed by atoms with van der Waals surface area (Å²) in [6.07, 6.45) is 8.55. The third-order valence-corrected chi connectivity index (χ3v) is 4.30. The second kappa shape index (κ2) is 8.03. The normalized spacial score (nSPS) is 12.6. The Kier molecular flexibility index (Phi) is 5.54. The molecule has 0 radical (unpaired) electrons. The summed E-state index contributed by atoms with van der Waals surface area (Å²) in [5.74, 6) is 0. The van der Waals surface area contributed by atoms with Crippen LogP contribution in [-0.2, 0) is 13.1 Å². The number of imidazole rings is 1. The fourth-order valence-corrected chi connectivity index (χ4v) is 2.72. The van der Waals surface area contributed by atoms with Crippen molar-refractivity contribution in [2.75, 3.05) is 5.32 Å². The van der Waals surface area contributed by atoms with Crippen LogP contribution in [0.5, 0.6) is 0 Å². The highest BCUT2D eigenvalue weighted by molar-refractivity contribution is 5.89. The molecule has 0 bridgehead atoms. The number of urea groups is 1. The van der Waals surface area contributed by atoms with Crippen molar-refractivity contribution in [2.24, 2.45) is 5.41 Å². The standard InChI is InChI=1S/C19H25N7O/c1-19(2,3)17(11-25-8-7-20-13-25)24-18(27)23-16-6-4-5-15(9-16)10-26-14-21-12-22-26/h4-9,12-14,17H,10-11H2,1-3H3,(H2,23,24,27)/t17-/m1/s1. The van der Waals surface area contributed by atoms with Gasteiger partial charge in [0.15, 0.2) is 0 Å². The zero-order valence-electron chi connectivity index (χ0n) is 15.8. The first-order valence-electron chi connectivity index (χ1n) is 8.85. The van der Waals surface area contributed by atoms with Gasteiger partial charge in [-0.15, -0.1) is 0 Å². The monoisotopic (exact) mass is 367 g/mol. The number of benzene rings is 1. The number of nitrogens with one attached hydrogen (secondary N) is 2. The zero-order valence-corrected chi connectivity index (χ0v) is 15.8. The van der Waals surface area contributed by atoms with Crippen LogP contribution >= 0.6 is 0 Å². The third kappa shape index (κ3) is 5.40. The summed E-state index contributed by atoms with van der Waals surface area (Å²) in [4.78, 5) is 20.6. The highest BCUT2D eigenvalue weighted by atomic mass is 16.2. The highest BCUT2D eigenvalue weighted by Crippen LogP contribution is 2.21. The number of hydrogen-bond acceptors (Lipinski definition) is 4. The summed E-state index contributed by atoms with van der Waals surface area (Å²) in [6, 6.07) is 7.42. The number of carbonyl (C=O) groups excluding carboxylic acids is 1. The minimum Gasteiger partial charge on any atom is -0.335 e. The lowest BCUT2D eigenvalue weighted by molar-refractivity contribution is 0.219. The molecule has 1 atom stereocenters. The van der Waals surface area contributed by atoms with E-state index in [2.05, 4.69) is 46.5 Å². The van der Waals surface area contributed by atoms with Gasteiger partial charge < -0.3 is 15.2 Å². The Labute approximate surface area is 158 Å². The topological polar surface area (TPSA) is 89.7 Å². The number of hydrogen-bond donors (Lipinski definition) is 2. The zero-order chi connectivity index (χ0) is 19.3. The maximum absolute atomic E-state index is 12.6. The Morgan fingerprint density at radius 2 is 2.07 bits per heavy atom. The van der Waals surface area contributed by atoms with Crippen molar-refractivity contribution in [3.8, 4) is 0 Å². The first-order chi connectivity index (χ1) is 12.9. The van der Waals surface area contributed by atoms with Crippen LogP contribution in [-0.4, -0.2) is 36.4 Å². The number of nitrogens with zero attached hydrogens (tertiary/aromatic N) is 5. The first kappa shape index (κ1) is 18.6. The van der Waals surface area contributed by atoms with Crippen molar-refractivity contribution in [3.05, 3.63) is 61.2 Å². The van der Waals surface area contributed by atoms with Gasteiger partial charge in [-0.1, -0.05) is 32.9 Å². The lowest BCUT2D eigenvalue weighted by Crippen LogP contribution is -2.47. The van der Waals surface area contributed by atoms with Crippen LogP contribution in [0.1, 0.15) is 26.3 Å². The fourth-order valence-electron chi connectivity index (χ4n) is 2.72. The predicted octanol–water partition coefficient (Wildman–Crippen LogP) is 2.76. The maximum atomic E-state index is 12.6. The van der Waals surface area contributed by atoms with E-state index >= 15 is 0 Å². The molecule has 2 amide bonds. The minimum absolute atomic E-state index is 0.0509. The van der Waals surface area contributed by atoms with Crippen LogP contribution in [0.15, 0.2) is 55.6 Å². The van der Waals surface area contributed by atoms with E-state index in [4.69, 9.17) is 0 Å². The molecular weight excluding hydrogens is 342 g/mol. The molecule has 0 unspecified atom stereocenters. The van der Waals surface area contributed by atoms with Crippen molar-refractivity contribution in [3.63, 3.8) is 0 Å². The summed E-state index contributed by atoms with van der Waals surface area (Å²) < 4.78 is 3.70. The third-order valence-electron chi connectivity index (χ3n) is 4.30. The molecule has 3 aromatic rings. The molecule has 0 aliphatic carbocycles. The molecule has 0 aliphatic heterocycles. The van der Waals surface area contributed by atoms with Crippen LogP contribution in [0.4, 0.5) is 10.5 Å². The molecule has 8 nitrogen and oxygen atoms in total. The average molecular weight is 367 g/mol. The molecule has 3 rings (SSSR count). The summed E-state index contributed by atoms with van der Waals surface area (Å²) in [7, 11) is 0. The van der Waals surface area contributed by atoms with Gasteiger partial charge in [0.05, 0.1) is 18.9 Å². The SMILES string of the molecule is CC(C)(C)[C@@H](Cn1ccnc1)NC(=O)Nc1cccc(Cn2cncn2)c1. The van der Waals surface area contributed by atoms with E-state index in [-0.39, 0.29) is 17.5 Å². The van der Waals surface area contributed by atoms with Crippen molar-refractivity contribution in [2.45, 2.75) is 39.9 Å². The predicted molar refractivity (Wildman–Crippen MR) is 103 cm³/mol. The molecule has 0 spiro atoms. The molecule has 27 heavy (non-hydrogen) atoms. The van der Waals surface area contributed by atoms with Crippen LogP contribution in [0.2, 0.25) is 0 Å². The van der Waals surface area contributed by atoms with Gasteiger partial charge in [-0.3, -0.25) is 0 Å². The smallest absolute Gasteiger partial charge is 0.319 e. The van der Waals surface area contributed by atoms with Gasteiger partial charge in [-0.25, -0.2) is 19.4 Å². The van der Waals surface area contributed by atoms with E-state index in [9.17, 15) is 4.79 Å². The number of carbonyl (C=O) groups is 1. The molecule has 8 heteroatoms. The lowest BCUT2D eigenvalue weighted by Gasteiger charge is -2.31. The summed E-state index contributed by atoms with van der Waals surface area (Å²) in [5.41, 5.74) is 1.67. The fraction of sp³-hybridized carbons (Fsp3) is 0.368. The summed E-state index contributed by atoms with van der Waals surface area (Å²) >= 11 is 0. The number of aromatic nitrogens is 5. The van der Waals surface area contributed by atoms with E-state index < -0.39 is 0 Å². The molecular formula is C19H25N7O. The first-order valence-corrected chi connectivity index (χ1v) is 8.85. The van der Waals surface area contributed by atoms with Gasteiger partial charge in [0.25, 0.3) is 0 Å². The van der Waals surface area contributed by atoms with Gasteiger partial charge in [0.2, 0.25) is 0 Å². The second-order valence-electron chi connectivity index (χ2n) is 7.57. The van der Waals surface area contributed by atoms with Crippen molar-refractivity contribution < 1.29 is 4.79 Å². The molecule has 0 saturated heterocycles. The van der Waals surface area contributed by atoms with Crippen molar-refractivity contribution in [1.82, 2.24) is 29.6 Å². The van der Waals surface area contributed by atoms with Gasteiger partial charge >= 0.3 is 6.03 Å². The molecule has 2 aromatic heterocycles. The summed E-state index contributed by atoms with van der Waals surface area (Å²) in [6.45, 7) is 7.57. The van der Waals surface area contributed by atoms with Crippen molar-refractivity contribution in [1.29, 1.82) is 0 Å². The van der Waals surface area contributed by atoms with Gasteiger partial charge in [0.1, 0.15) is 12.7 Å². The second-order valence-corrected chi connectivity index (χ2v) is 7.57. The Balaban J connectivity index is 1.63. The Morgan fingerprint density at radius 1 is 1.22 bits per heavy atom. The summed E-state index contributed by atoms with van der Waals surface area (Å²) in [5, 5.41) is 10.1. The molecule has 0 fully saturated rings. The van der Waals surface area contributed by atoms with Crippen LogP contribution in [0.3, 0.4) is 0 Å². The quantitative estimate of drug-likeness (QED) is 0.701. The Hall–Kier alpha value is -3.16. The highest BCUT2D eigenvalue weighted by Gasteiger charge is 2.26. The van der Waals surface area contributed by atoms with Crippen molar-refractivity contribution >= 4 is 11.7 Å². The molecule has 1 aromatic carbocycles. The van der Waals surface area contributed by atoms with Crippen LogP contribution in [0.25, 0.3) is 0 Å². The maximum Gasteiger partial charge on any atom is 0.319 e. The van der Waals surface area contributed by atoms with E-state index in [1.165, 1.54) is 6.33 Å². The number of amides is 2. The lowest BCUT2D eigenvalue weighted by atomic mass is 9.86. The number of rotatable bonds is 6. The van der Waals surface area contributed by atoms with Crippen LogP contribution < -0.4 is 10.6 Å². The molecule has 2 heterocycles. The number of anilines is 1. The van der Waals surface area contributed by atoms with Gasteiger partial charge in [-0.2, -0.15) is 5.10 Å². The van der Waals surface area contributed by atoms with E-state index in [1.54, 1.807) is 23.5 Å². The van der Waals surface area contributed by atoms with E-state index in [0.717, 1.165) is 11.3 Å². The van der Waals surface area contributed by atoms with Gasteiger partial charge in [0, 0.05) is 24.6 Å². The van der Waals surface area contributed by atoms with E-state index in [1.807, 2.05) is 35.0 Å². The molecule has 0 aliphatic rings. The van der Waals surface area contributed by atoms with Crippen LogP contribution in [0, 0.1) is 5.41 Å². The van der Waals surface area contributed by atoms with E-state index in [0.29, 0.717) is 13.1 Å². The molecule has 2 N–H and O–H groups in total. The largest absolute Gasteiger partial charge is 0.335 e. The molecule has 142 valence electrons. The van der Waals surface area contributed by atoms with Gasteiger partial charge in [-0.05, 0) is 23.1 Å². The average Bonchev–Trinajstić information content (AvgIpc) is 3.27. The Bertz CT molecular complexity index is 851. The minimum atomic E-state index is -0.229. The Morgan fingerprint density at radius 3 is 2.74 bits per heavy atom. The molecule has 0 saturated carbocycles.